The van der Waals surface area contributed by atoms with Crippen LogP contribution in [-0.4, -0.2) is 23.8 Å². The third-order valence-corrected chi connectivity index (χ3v) is 3.82. The van der Waals surface area contributed by atoms with Gasteiger partial charge in [-0.05, 0) is 35.7 Å². The van der Waals surface area contributed by atoms with E-state index in [1.54, 1.807) is 0 Å². The summed E-state index contributed by atoms with van der Waals surface area (Å²) in [5.41, 5.74) is 5.80. The van der Waals surface area contributed by atoms with Crippen LogP contribution in [0.2, 0.25) is 0 Å². The lowest BCUT2D eigenvalue weighted by Crippen LogP contribution is -2.43. The molecule has 0 spiro atoms. The predicted octanol–water partition coefficient (Wildman–Crippen LogP) is 3.85. The molecule has 0 bridgehead atoms. The van der Waals surface area contributed by atoms with Crippen LogP contribution in [0.4, 0.5) is 22.0 Å². The molecular weight excluding hydrogens is 426 g/mol. The Balaban J connectivity index is 0.00000364. The monoisotopic (exact) mass is 446 g/mol. The van der Waals surface area contributed by atoms with Gasteiger partial charge in [0.2, 0.25) is 0 Å². The molecule has 2 aromatic rings. The van der Waals surface area contributed by atoms with Gasteiger partial charge in [-0.3, -0.25) is 0 Å². The third kappa shape index (κ3) is 8.28. The van der Waals surface area contributed by atoms with Gasteiger partial charge in [-0.25, -0.2) is 8.78 Å². The Morgan fingerprint density at radius 3 is 2.14 bits per heavy atom. The van der Waals surface area contributed by atoms with Gasteiger partial charge in [-0.1, -0.05) is 18.2 Å². The number of benzene rings is 2. The normalized spacial score (nSPS) is 13.2. The van der Waals surface area contributed by atoms with Gasteiger partial charge in [0.05, 0.1) is 11.7 Å². The first-order valence-corrected chi connectivity index (χ1v) is 7.90. The van der Waals surface area contributed by atoms with E-state index in [0.717, 1.165) is 30.3 Å². The Morgan fingerprint density at radius 1 is 0.964 bits per heavy atom. The van der Waals surface area contributed by atoms with Gasteiger partial charge in [-0.15, -0.1) is 24.8 Å². The largest absolute Gasteiger partial charge is 0.416 e. The highest BCUT2D eigenvalue weighted by atomic mass is 35.5. The molecule has 0 fully saturated rings. The maximum absolute atomic E-state index is 13.2. The molecule has 4 N–H and O–H groups in total. The summed E-state index contributed by atoms with van der Waals surface area (Å²) < 4.78 is 64.3. The zero-order valence-electron chi connectivity index (χ0n) is 14.5. The first kappa shape index (κ1) is 26.6. The van der Waals surface area contributed by atoms with E-state index in [1.807, 2.05) is 0 Å². The molecule has 0 aromatic heterocycles. The van der Waals surface area contributed by atoms with Crippen molar-refractivity contribution < 1.29 is 27.1 Å². The van der Waals surface area contributed by atoms with Crippen LogP contribution in [-0.2, 0) is 19.1 Å². The van der Waals surface area contributed by atoms with E-state index in [9.17, 15) is 27.1 Å². The van der Waals surface area contributed by atoms with Gasteiger partial charge in [0.25, 0.3) is 0 Å². The van der Waals surface area contributed by atoms with Crippen molar-refractivity contribution >= 4 is 24.8 Å². The van der Waals surface area contributed by atoms with Crippen LogP contribution in [0.1, 0.15) is 16.7 Å². The lowest BCUT2D eigenvalue weighted by molar-refractivity contribution is -0.137. The number of rotatable bonds is 7. The van der Waals surface area contributed by atoms with Gasteiger partial charge in [0, 0.05) is 25.2 Å². The van der Waals surface area contributed by atoms with Crippen LogP contribution >= 0.6 is 24.8 Å². The Bertz CT molecular complexity index is 726. The third-order valence-electron chi connectivity index (χ3n) is 3.82. The average molecular weight is 447 g/mol. The molecule has 0 heterocycles. The molecule has 0 saturated carbocycles. The number of hydrogen-bond donors (Lipinski definition) is 3. The van der Waals surface area contributed by atoms with Crippen molar-refractivity contribution in [1.82, 2.24) is 5.32 Å². The highest BCUT2D eigenvalue weighted by Crippen LogP contribution is 2.29. The highest BCUT2D eigenvalue weighted by Gasteiger charge is 2.30. The molecule has 0 aliphatic heterocycles. The van der Waals surface area contributed by atoms with Gasteiger partial charge in [0.1, 0.15) is 11.6 Å². The summed E-state index contributed by atoms with van der Waals surface area (Å²) in [6.07, 6.45) is -5.40. The van der Waals surface area contributed by atoms with Gasteiger partial charge < -0.3 is 16.2 Å². The van der Waals surface area contributed by atoms with Crippen molar-refractivity contribution in [2.24, 2.45) is 5.73 Å². The van der Waals surface area contributed by atoms with Crippen LogP contribution in [0.25, 0.3) is 0 Å². The number of halogens is 7. The summed E-state index contributed by atoms with van der Waals surface area (Å²) in [5.74, 6) is -1.46. The molecule has 28 heavy (non-hydrogen) atoms. The van der Waals surface area contributed by atoms with Crippen LogP contribution < -0.4 is 11.1 Å². The second-order valence-electron chi connectivity index (χ2n) is 6.04. The Kier molecular flexibility index (Phi) is 10.9. The van der Waals surface area contributed by atoms with E-state index in [-0.39, 0.29) is 44.3 Å². The molecule has 0 amide bonds. The predicted molar refractivity (Wildman–Crippen MR) is 102 cm³/mol. The summed E-state index contributed by atoms with van der Waals surface area (Å²) in [5, 5.41) is 12.8. The molecule has 2 atom stereocenters. The summed E-state index contributed by atoms with van der Waals surface area (Å²) in [7, 11) is 0. The second kappa shape index (κ2) is 11.5. The van der Waals surface area contributed by atoms with E-state index in [0.29, 0.717) is 11.1 Å². The summed E-state index contributed by atoms with van der Waals surface area (Å²) in [6.45, 7) is 0.136. The van der Waals surface area contributed by atoms with Crippen LogP contribution in [0.5, 0.6) is 0 Å². The Morgan fingerprint density at radius 2 is 1.57 bits per heavy atom. The molecule has 0 unspecified atom stereocenters. The topological polar surface area (TPSA) is 58.3 Å². The van der Waals surface area contributed by atoms with E-state index >= 15 is 0 Å². The fraction of sp³-hybridized carbons (Fsp3) is 0.333. The number of hydrogen-bond acceptors (Lipinski definition) is 3. The minimum Gasteiger partial charge on any atom is -0.390 e. The molecule has 0 aliphatic carbocycles. The first-order chi connectivity index (χ1) is 12.1. The zero-order chi connectivity index (χ0) is 19.3. The fourth-order valence-corrected chi connectivity index (χ4v) is 2.51. The Hall–Kier alpha value is -1.45. The molecule has 0 radical (unpaired) electrons. The molecule has 158 valence electrons. The average Bonchev–Trinajstić information content (AvgIpc) is 2.53. The zero-order valence-corrected chi connectivity index (χ0v) is 16.2. The van der Waals surface area contributed by atoms with Crippen molar-refractivity contribution in [3.8, 4) is 0 Å². The van der Waals surface area contributed by atoms with Crippen molar-refractivity contribution in [3.05, 3.63) is 70.8 Å². The van der Waals surface area contributed by atoms with E-state index in [4.69, 9.17) is 5.73 Å². The van der Waals surface area contributed by atoms with Gasteiger partial charge in [-0.2, -0.15) is 13.2 Å². The minimum absolute atomic E-state index is 0. The maximum Gasteiger partial charge on any atom is 0.416 e. The van der Waals surface area contributed by atoms with Crippen molar-refractivity contribution in [2.75, 3.05) is 6.54 Å². The standard InChI is InChI=1S/C18H19F5N2O.2ClH/c19-14-5-12(6-15(20)8-14)7-16(24)17(26)10-25-9-11-2-1-3-13(4-11)18(21,22)23;;/h1-6,8,16-17,25-26H,7,9-10,24H2;2*1H/t16-,17+;;/m0../s1. The lowest BCUT2D eigenvalue weighted by Gasteiger charge is -2.20. The van der Waals surface area contributed by atoms with Crippen LogP contribution in [0, 0.1) is 11.6 Å². The van der Waals surface area contributed by atoms with E-state index in [2.05, 4.69) is 5.32 Å². The molecule has 0 saturated heterocycles. The summed E-state index contributed by atoms with van der Waals surface area (Å²) in [6, 6.07) is 7.05. The SMILES string of the molecule is Cl.Cl.N[C@@H](Cc1cc(F)cc(F)c1)[C@H](O)CNCc1cccc(C(F)(F)F)c1. The molecule has 3 nitrogen and oxygen atoms in total. The molecule has 2 rings (SSSR count). The van der Waals surface area contributed by atoms with Crippen LogP contribution in [0.15, 0.2) is 42.5 Å². The lowest BCUT2D eigenvalue weighted by atomic mass is 10.0. The van der Waals surface area contributed by atoms with Gasteiger partial charge >= 0.3 is 6.18 Å². The highest BCUT2D eigenvalue weighted by molar-refractivity contribution is 5.85. The maximum atomic E-state index is 13.2. The molecule has 10 heteroatoms. The van der Waals surface area contributed by atoms with Crippen LogP contribution in [0.3, 0.4) is 0 Å². The summed E-state index contributed by atoms with van der Waals surface area (Å²) in [4.78, 5) is 0. The summed E-state index contributed by atoms with van der Waals surface area (Å²) >= 11 is 0. The van der Waals surface area contributed by atoms with E-state index < -0.39 is 35.5 Å². The minimum atomic E-state index is -4.42. The number of nitrogens with one attached hydrogen (secondary N) is 1. The van der Waals surface area contributed by atoms with E-state index in [1.165, 1.54) is 12.1 Å². The molecule has 0 aliphatic rings. The van der Waals surface area contributed by atoms with Gasteiger partial charge in [0.15, 0.2) is 0 Å². The second-order valence-corrected chi connectivity index (χ2v) is 6.04. The molecule has 2 aromatic carbocycles. The number of nitrogens with two attached hydrogens (primary N) is 1. The number of aliphatic hydroxyl groups excluding tert-OH is 1. The van der Waals surface area contributed by atoms with Crippen molar-refractivity contribution in [3.63, 3.8) is 0 Å². The van der Waals surface area contributed by atoms with Crippen molar-refractivity contribution in [1.29, 1.82) is 0 Å². The number of aliphatic hydroxyl groups is 1. The molecular formula is C18H21Cl2F5N2O. The smallest absolute Gasteiger partial charge is 0.390 e. The Labute approximate surface area is 171 Å². The quantitative estimate of drug-likeness (QED) is 0.566. The first-order valence-electron chi connectivity index (χ1n) is 7.90. The number of alkyl halides is 3. The van der Waals surface area contributed by atoms with Crippen molar-refractivity contribution in [2.45, 2.75) is 31.3 Å². The fourth-order valence-electron chi connectivity index (χ4n) is 2.51.